The number of amides is 1. The van der Waals surface area contributed by atoms with Crippen molar-refractivity contribution in [1.29, 1.82) is 0 Å². The molecule has 0 aromatic carbocycles. The highest BCUT2D eigenvalue weighted by atomic mass is 16.8. The number of carbonyl (C=O) groups excluding carboxylic acids is 1. The van der Waals surface area contributed by atoms with E-state index in [-0.39, 0.29) is 18.9 Å². The van der Waals surface area contributed by atoms with E-state index in [9.17, 15) is 61.0 Å². The van der Waals surface area contributed by atoms with Crippen LogP contribution in [-0.2, 0) is 33.2 Å². The quantitative estimate of drug-likeness (QED) is 0.0199. The van der Waals surface area contributed by atoms with Gasteiger partial charge in [0.2, 0.25) is 5.91 Å². The van der Waals surface area contributed by atoms with Gasteiger partial charge in [-0.25, -0.2) is 0 Å². The third kappa shape index (κ3) is 45.7. The summed E-state index contributed by atoms with van der Waals surface area (Å²) in [5.41, 5.74) is 0. The van der Waals surface area contributed by atoms with Crippen LogP contribution in [0.15, 0.2) is 146 Å². The number of rotatable bonds is 64. The predicted octanol–water partition coefficient (Wildman–Crippen LogP) is 14.6. The van der Waals surface area contributed by atoms with E-state index in [2.05, 4.69) is 153 Å². The zero-order chi connectivity index (χ0) is 77.4. The lowest BCUT2D eigenvalue weighted by atomic mass is 9.96. The third-order valence-corrected chi connectivity index (χ3v) is 19.6. The molecule has 12 N–H and O–H groups in total. The third-order valence-electron chi connectivity index (χ3n) is 19.6. The average molecular weight is 1510 g/mol. The lowest BCUT2D eigenvalue weighted by Crippen LogP contribution is -2.66. The number of aliphatic hydroxyl groups is 11. The van der Waals surface area contributed by atoms with Gasteiger partial charge in [-0.15, -0.1) is 0 Å². The maximum absolute atomic E-state index is 13.5. The van der Waals surface area contributed by atoms with Crippen LogP contribution < -0.4 is 5.32 Å². The Labute approximate surface area is 644 Å². The second kappa shape index (κ2) is 66.3. The van der Waals surface area contributed by atoms with Gasteiger partial charge in [0, 0.05) is 6.42 Å². The summed E-state index contributed by atoms with van der Waals surface area (Å²) < 4.78 is 34.4. The zero-order valence-corrected chi connectivity index (χ0v) is 65.6. The van der Waals surface area contributed by atoms with E-state index < -0.39 is 124 Å². The lowest BCUT2D eigenvalue weighted by Gasteiger charge is -2.48. The molecular formula is C88H147NO18. The summed E-state index contributed by atoms with van der Waals surface area (Å²) in [7, 11) is 0. The minimum atomic E-state index is -1.99. The predicted molar refractivity (Wildman–Crippen MR) is 429 cm³/mol. The monoisotopic (exact) mass is 1510 g/mol. The van der Waals surface area contributed by atoms with Crippen LogP contribution in [-0.4, -0.2) is 193 Å². The van der Waals surface area contributed by atoms with E-state index in [4.69, 9.17) is 28.4 Å². The van der Waals surface area contributed by atoms with Gasteiger partial charge in [-0.3, -0.25) is 4.79 Å². The number of unbranched alkanes of at least 4 members (excludes halogenated alkanes) is 26. The number of hydrogen-bond acceptors (Lipinski definition) is 18. The minimum absolute atomic E-state index is 0.222. The molecule has 0 aromatic rings. The summed E-state index contributed by atoms with van der Waals surface area (Å²) in [5, 5.41) is 121. The van der Waals surface area contributed by atoms with Crippen molar-refractivity contribution in [2.45, 2.75) is 375 Å². The van der Waals surface area contributed by atoms with Crippen LogP contribution in [0.25, 0.3) is 0 Å². The van der Waals surface area contributed by atoms with Gasteiger partial charge in [0.25, 0.3) is 0 Å². The van der Waals surface area contributed by atoms with Gasteiger partial charge < -0.3 is 89.9 Å². The van der Waals surface area contributed by atoms with Crippen LogP contribution in [0.2, 0.25) is 0 Å². The van der Waals surface area contributed by atoms with Gasteiger partial charge in [-0.05, 0) is 116 Å². The largest absolute Gasteiger partial charge is 0.394 e. The fourth-order valence-electron chi connectivity index (χ4n) is 13.0. The summed E-state index contributed by atoms with van der Waals surface area (Å²) in [4.78, 5) is 13.5. The second-order valence-corrected chi connectivity index (χ2v) is 28.8. The molecule has 3 aliphatic rings. The molecule has 0 aliphatic carbocycles. The first-order chi connectivity index (χ1) is 52.3. The highest BCUT2D eigenvalue weighted by Crippen LogP contribution is 2.33. The molecule has 1 amide bonds. The molecule has 3 rings (SSSR count). The first-order valence-corrected chi connectivity index (χ1v) is 41.6. The molecule has 612 valence electrons. The summed E-state index contributed by atoms with van der Waals surface area (Å²) in [6.07, 6.45) is 69.8. The molecule has 0 saturated carbocycles. The molecule has 107 heavy (non-hydrogen) atoms. The van der Waals surface area contributed by atoms with Crippen molar-refractivity contribution in [3.05, 3.63) is 146 Å². The Hall–Kier alpha value is -4.33. The van der Waals surface area contributed by atoms with Crippen LogP contribution in [0.3, 0.4) is 0 Å². The number of aliphatic hydroxyl groups excluding tert-OH is 11. The molecular weight excluding hydrogens is 1360 g/mol. The molecule has 0 bridgehead atoms. The first kappa shape index (κ1) is 96.9. The zero-order valence-electron chi connectivity index (χ0n) is 65.6. The topological polar surface area (TPSA) is 307 Å². The van der Waals surface area contributed by atoms with Gasteiger partial charge in [0.1, 0.15) is 73.2 Å². The van der Waals surface area contributed by atoms with Gasteiger partial charge in [0.05, 0.1) is 38.6 Å². The Morgan fingerprint density at radius 3 is 1.05 bits per heavy atom. The van der Waals surface area contributed by atoms with Crippen molar-refractivity contribution in [3.8, 4) is 0 Å². The Balaban J connectivity index is 1.34. The Morgan fingerprint density at radius 1 is 0.346 bits per heavy atom. The summed E-state index contributed by atoms with van der Waals surface area (Å²) in [6, 6.07) is -1.01. The van der Waals surface area contributed by atoms with Crippen LogP contribution in [0.5, 0.6) is 0 Å². The van der Waals surface area contributed by atoms with Gasteiger partial charge in [-0.1, -0.05) is 295 Å². The number of ether oxygens (including phenoxy) is 6. The van der Waals surface area contributed by atoms with E-state index in [1.807, 2.05) is 6.08 Å². The van der Waals surface area contributed by atoms with Gasteiger partial charge in [-0.2, -0.15) is 0 Å². The highest BCUT2D eigenvalue weighted by Gasteiger charge is 2.54. The molecule has 19 heteroatoms. The van der Waals surface area contributed by atoms with Crippen molar-refractivity contribution in [3.63, 3.8) is 0 Å². The SMILES string of the molecule is CC/C=C\C/C=C\C/C=C\C/C=C\C/C=C\C/C=C\C/C=C\C/C=C\C/C=C\CCCCCCCCCCCCCCCC(=O)NC(COC1OC(CO)C(OC2OC(CO)C(OC3OC(CO)C(O)C(O)C3O)C(O)C2O)C(O)C1O)C(O)/C=C/CC/C=C/CC/C=C/CCCCCCCCCCCCC. The minimum Gasteiger partial charge on any atom is -0.394 e. The smallest absolute Gasteiger partial charge is 0.220 e. The van der Waals surface area contributed by atoms with Crippen LogP contribution >= 0.6 is 0 Å². The molecule has 0 radical (unpaired) electrons. The molecule has 19 nitrogen and oxygen atoms in total. The molecule has 3 heterocycles. The Morgan fingerprint density at radius 2 is 0.654 bits per heavy atom. The maximum Gasteiger partial charge on any atom is 0.220 e. The number of hydrogen-bond donors (Lipinski definition) is 12. The van der Waals surface area contributed by atoms with Crippen LogP contribution in [0.4, 0.5) is 0 Å². The van der Waals surface area contributed by atoms with Crippen molar-refractivity contribution in [2.24, 2.45) is 0 Å². The highest BCUT2D eigenvalue weighted by molar-refractivity contribution is 5.76. The summed E-state index contributed by atoms with van der Waals surface area (Å²) >= 11 is 0. The molecule has 0 aromatic heterocycles. The van der Waals surface area contributed by atoms with E-state index in [0.717, 1.165) is 116 Å². The van der Waals surface area contributed by atoms with Crippen LogP contribution in [0.1, 0.15) is 271 Å². The van der Waals surface area contributed by atoms with E-state index in [1.54, 1.807) is 6.08 Å². The average Bonchev–Trinajstić information content (AvgIpc) is 0.782. The fraction of sp³-hybridized carbons (Fsp3) is 0.716. The molecule has 0 spiro atoms. The Kier molecular flexibility index (Phi) is 60.0. The van der Waals surface area contributed by atoms with Gasteiger partial charge >= 0.3 is 0 Å². The van der Waals surface area contributed by atoms with Crippen molar-refractivity contribution >= 4 is 5.91 Å². The van der Waals surface area contributed by atoms with E-state index in [1.165, 1.54) is 122 Å². The van der Waals surface area contributed by atoms with Crippen LogP contribution in [0, 0.1) is 0 Å². The molecule has 3 aliphatic heterocycles. The standard InChI is InChI=1S/C88H147NO18/c1-3-5-7-9-11-13-15-17-19-21-23-25-26-27-28-29-30-31-32-33-34-35-36-37-38-39-40-41-42-43-44-46-48-50-52-54-56-58-60-62-64-66-76(94)89-71(72(93)65-63-61-59-57-55-53-51-49-47-45-24-22-20-18-16-14-12-10-8-6-4-2)70-102-86-82(100)79(97)84(74(68-91)104-86)107-88-83(101)80(98)85(75(69-92)105-88)106-87-81(99)78(96)77(95)73(67-90)103-87/h5,7,11,13,17,19,23,25,27-28,30-31,33-34,36-37,39-40,47,49,55,57,63,65,71-75,77-88,90-93,95-101H,3-4,6,8-10,12,14-16,18,20-22,24,26,29,32,35,38,41-46,48,50-54,56,58-62,64,66-70H2,1-2H3,(H,89,94)/b7-5-,13-11-,19-17-,25-23-,28-27-,31-30-,34-33-,37-36-,40-39-,49-47+,57-55+,65-63+. The van der Waals surface area contributed by atoms with Crippen molar-refractivity contribution < 1.29 is 89.4 Å². The molecule has 17 atom stereocenters. The Bertz CT molecular complexity index is 2500. The number of nitrogens with one attached hydrogen (secondary N) is 1. The van der Waals surface area contributed by atoms with E-state index >= 15 is 0 Å². The maximum atomic E-state index is 13.5. The molecule has 3 saturated heterocycles. The number of allylic oxidation sites excluding steroid dienone is 23. The fourth-order valence-corrected chi connectivity index (χ4v) is 13.0. The van der Waals surface area contributed by atoms with E-state index in [0.29, 0.717) is 12.8 Å². The lowest BCUT2D eigenvalue weighted by molar-refractivity contribution is -0.379. The first-order valence-electron chi connectivity index (χ1n) is 41.6. The normalized spacial score (nSPS) is 26.3. The molecule has 3 fully saturated rings. The van der Waals surface area contributed by atoms with Crippen molar-refractivity contribution in [2.75, 3.05) is 26.4 Å². The summed E-state index contributed by atoms with van der Waals surface area (Å²) in [5.74, 6) is -0.295. The van der Waals surface area contributed by atoms with Crippen molar-refractivity contribution in [1.82, 2.24) is 5.32 Å². The van der Waals surface area contributed by atoms with Gasteiger partial charge in [0.15, 0.2) is 18.9 Å². The number of carbonyl (C=O) groups is 1. The second-order valence-electron chi connectivity index (χ2n) is 28.8. The summed E-state index contributed by atoms with van der Waals surface area (Å²) in [6.45, 7) is 1.60. The molecule has 17 unspecified atom stereocenters.